The second kappa shape index (κ2) is 6.61. The number of benzene rings is 2. The number of anilines is 2. The minimum absolute atomic E-state index is 0.0403. The van der Waals surface area contributed by atoms with Crippen LogP contribution in [0.4, 0.5) is 11.4 Å². The zero-order chi connectivity index (χ0) is 14.4. The first kappa shape index (κ1) is 13.9. The molecule has 0 saturated heterocycles. The minimum Gasteiger partial charge on any atom is -0.497 e. The standard InChI is InChI=1S/C16H18N2O2/c1-20-14-7-4-6-13(11-14)18-16(19)10-9-12-5-2-3-8-15(12)17/h2-8,11H,9-10,17H2,1H3,(H,18,19). The van der Waals surface area contributed by atoms with Crippen LogP contribution in [0.15, 0.2) is 48.5 Å². The summed E-state index contributed by atoms with van der Waals surface area (Å²) in [6.45, 7) is 0. The van der Waals surface area contributed by atoms with Crippen molar-refractivity contribution in [3.05, 3.63) is 54.1 Å². The van der Waals surface area contributed by atoms with Gasteiger partial charge in [0.05, 0.1) is 7.11 Å². The summed E-state index contributed by atoms with van der Waals surface area (Å²) >= 11 is 0. The van der Waals surface area contributed by atoms with E-state index in [9.17, 15) is 4.79 Å². The predicted octanol–water partition coefficient (Wildman–Crippen LogP) is 2.85. The van der Waals surface area contributed by atoms with Crippen LogP contribution >= 0.6 is 0 Å². The molecule has 0 aliphatic carbocycles. The van der Waals surface area contributed by atoms with Gasteiger partial charge in [-0.1, -0.05) is 24.3 Å². The molecule has 0 heterocycles. The van der Waals surface area contributed by atoms with E-state index in [0.717, 1.165) is 22.7 Å². The maximum absolute atomic E-state index is 11.9. The SMILES string of the molecule is COc1cccc(NC(=O)CCc2ccccc2N)c1. The molecule has 1 amide bonds. The monoisotopic (exact) mass is 270 g/mol. The first-order chi connectivity index (χ1) is 9.69. The van der Waals surface area contributed by atoms with Crippen molar-refractivity contribution in [3.8, 4) is 5.75 Å². The van der Waals surface area contributed by atoms with Crippen LogP contribution < -0.4 is 15.8 Å². The lowest BCUT2D eigenvalue weighted by molar-refractivity contribution is -0.116. The number of hydrogen-bond acceptors (Lipinski definition) is 3. The van der Waals surface area contributed by atoms with Crippen molar-refractivity contribution in [2.75, 3.05) is 18.2 Å². The van der Waals surface area contributed by atoms with E-state index in [-0.39, 0.29) is 5.91 Å². The molecule has 2 aromatic rings. The number of nitrogens with two attached hydrogens (primary N) is 1. The molecule has 4 nitrogen and oxygen atoms in total. The van der Waals surface area contributed by atoms with Crippen molar-refractivity contribution in [3.63, 3.8) is 0 Å². The molecule has 4 heteroatoms. The van der Waals surface area contributed by atoms with Gasteiger partial charge in [-0.25, -0.2) is 0 Å². The average Bonchev–Trinajstić information content (AvgIpc) is 2.46. The zero-order valence-corrected chi connectivity index (χ0v) is 11.4. The van der Waals surface area contributed by atoms with E-state index in [4.69, 9.17) is 10.5 Å². The molecule has 0 unspecified atom stereocenters. The van der Waals surface area contributed by atoms with Gasteiger partial charge in [0.25, 0.3) is 0 Å². The molecule has 0 radical (unpaired) electrons. The van der Waals surface area contributed by atoms with Crippen molar-refractivity contribution < 1.29 is 9.53 Å². The number of nitrogen functional groups attached to an aromatic ring is 1. The van der Waals surface area contributed by atoms with E-state index in [1.165, 1.54) is 0 Å². The van der Waals surface area contributed by atoms with Crippen LogP contribution in [0.2, 0.25) is 0 Å². The van der Waals surface area contributed by atoms with Crippen molar-refractivity contribution in [2.45, 2.75) is 12.8 Å². The fraction of sp³-hybridized carbons (Fsp3) is 0.188. The number of amides is 1. The van der Waals surface area contributed by atoms with Crippen LogP contribution in [0.25, 0.3) is 0 Å². The lowest BCUT2D eigenvalue weighted by Gasteiger charge is -2.08. The maximum Gasteiger partial charge on any atom is 0.224 e. The number of rotatable bonds is 5. The lowest BCUT2D eigenvalue weighted by Crippen LogP contribution is -2.12. The van der Waals surface area contributed by atoms with Gasteiger partial charge in [0.1, 0.15) is 5.75 Å². The van der Waals surface area contributed by atoms with Crippen molar-refractivity contribution in [1.82, 2.24) is 0 Å². The molecule has 0 saturated carbocycles. The van der Waals surface area contributed by atoms with Gasteiger partial charge in [0.2, 0.25) is 5.91 Å². The molecule has 2 rings (SSSR count). The molecule has 0 aliphatic rings. The summed E-state index contributed by atoms with van der Waals surface area (Å²) in [5.74, 6) is 0.677. The quantitative estimate of drug-likeness (QED) is 0.821. The molecule has 3 N–H and O–H groups in total. The number of methoxy groups -OCH3 is 1. The molecule has 0 spiro atoms. The number of aryl methyl sites for hydroxylation is 1. The maximum atomic E-state index is 11.9. The van der Waals surface area contributed by atoms with Crippen LogP contribution in [0.1, 0.15) is 12.0 Å². The Kier molecular flexibility index (Phi) is 4.60. The number of nitrogens with one attached hydrogen (secondary N) is 1. The molecule has 0 aliphatic heterocycles. The third-order valence-electron chi connectivity index (χ3n) is 3.03. The smallest absolute Gasteiger partial charge is 0.224 e. The summed E-state index contributed by atoms with van der Waals surface area (Å²) in [5.41, 5.74) is 8.30. The van der Waals surface area contributed by atoms with Crippen molar-refractivity contribution in [1.29, 1.82) is 0 Å². The predicted molar refractivity (Wildman–Crippen MR) is 80.8 cm³/mol. The molecule has 2 aromatic carbocycles. The summed E-state index contributed by atoms with van der Waals surface area (Å²) < 4.78 is 5.11. The van der Waals surface area contributed by atoms with Crippen LogP contribution in [-0.2, 0) is 11.2 Å². The Bertz CT molecular complexity index is 597. The summed E-state index contributed by atoms with van der Waals surface area (Å²) in [6.07, 6.45) is 1.02. The van der Waals surface area contributed by atoms with E-state index in [0.29, 0.717) is 12.8 Å². The first-order valence-electron chi connectivity index (χ1n) is 6.46. The van der Waals surface area contributed by atoms with Crippen LogP contribution in [0, 0.1) is 0 Å². The van der Waals surface area contributed by atoms with E-state index in [2.05, 4.69) is 5.32 Å². The fourth-order valence-electron chi connectivity index (χ4n) is 1.93. The Balaban J connectivity index is 1.91. The van der Waals surface area contributed by atoms with E-state index < -0.39 is 0 Å². The van der Waals surface area contributed by atoms with Gasteiger partial charge in [-0.2, -0.15) is 0 Å². The van der Waals surface area contributed by atoms with Gasteiger partial charge in [-0.3, -0.25) is 4.79 Å². The Labute approximate surface area is 118 Å². The van der Waals surface area contributed by atoms with Crippen molar-refractivity contribution >= 4 is 17.3 Å². The Hall–Kier alpha value is -2.49. The summed E-state index contributed by atoms with van der Waals surface area (Å²) in [6, 6.07) is 14.9. The molecule has 0 aromatic heterocycles. The first-order valence-corrected chi connectivity index (χ1v) is 6.46. The summed E-state index contributed by atoms with van der Waals surface area (Å²) in [7, 11) is 1.60. The summed E-state index contributed by atoms with van der Waals surface area (Å²) in [5, 5.41) is 2.85. The van der Waals surface area contributed by atoms with Gasteiger partial charge in [0, 0.05) is 23.9 Å². The molecule has 20 heavy (non-hydrogen) atoms. The number of carbonyl (C=O) groups is 1. The van der Waals surface area contributed by atoms with Gasteiger partial charge >= 0.3 is 0 Å². The van der Waals surface area contributed by atoms with Gasteiger partial charge in [-0.15, -0.1) is 0 Å². The number of carbonyl (C=O) groups excluding carboxylic acids is 1. The third kappa shape index (κ3) is 3.75. The van der Waals surface area contributed by atoms with Gasteiger partial charge < -0.3 is 15.8 Å². The highest BCUT2D eigenvalue weighted by Gasteiger charge is 2.05. The molecule has 0 atom stereocenters. The number of para-hydroxylation sites is 1. The number of hydrogen-bond donors (Lipinski definition) is 2. The molecular weight excluding hydrogens is 252 g/mol. The molecule has 0 bridgehead atoms. The zero-order valence-electron chi connectivity index (χ0n) is 11.4. The third-order valence-corrected chi connectivity index (χ3v) is 3.03. The topological polar surface area (TPSA) is 64.3 Å². The molecular formula is C16H18N2O2. The van der Waals surface area contributed by atoms with Crippen molar-refractivity contribution in [2.24, 2.45) is 0 Å². The summed E-state index contributed by atoms with van der Waals surface area (Å²) in [4.78, 5) is 11.9. The highest BCUT2D eigenvalue weighted by Crippen LogP contribution is 2.17. The molecule has 104 valence electrons. The van der Waals surface area contributed by atoms with E-state index in [1.807, 2.05) is 42.5 Å². The van der Waals surface area contributed by atoms with Crippen LogP contribution in [0.3, 0.4) is 0 Å². The lowest BCUT2D eigenvalue weighted by atomic mass is 10.1. The highest BCUT2D eigenvalue weighted by atomic mass is 16.5. The Morgan fingerprint density at radius 1 is 1.20 bits per heavy atom. The van der Waals surface area contributed by atoms with E-state index >= 15 is 0 Å². The normalized spacial score (nSPS) is 10.1. The van der Waals surface area contributed by atoms with Gasteiger partial charge in [0.15, 0.2) is 0 Å². The highest BCUT2D eigenvalue weighted by molar-refractivity contribution is 5.91. The van der Waals surface area contributed by atoms with Gasteiger partial charge in [-0.05, 0) is 30.2 Å². The average molecular weight is 270 g/mol. The fourth-order valence-corrected chi connectivity index (χ4v) is 1.93. The Morgan fingerprint density at radius 2 is 2.00 bits per heavy atom. The minimum atomic E-state index is -0.0403. The molecule has 0 fully saturated rings. The van der Waals surface area contributed by atoms with Crippen LogP contribution in [-0.4, -0.2) is 13.0 Å². The second-order valence-corrected chi connectivity index (χ2v) is 4.48. The second-order valence-electron chi connectivity index (χ2n) is 4.48. The largest absolute Gasteiger partial charge is 0.497 e. The number of ether oxygens (including phenoxy) is 1. The van der Waals surface area contributed by atoms with Crippen LogP contribution in [0.5, 0.6) is 5.75 Å². The Morgan fingerprint density at radius 3 is 2.75 bits per heavy atom. The van der Waals surface area contributed by atoms with E-state index in [1.54, 1.807) is 13.2 Å².